The van der Waals surface area contributed by atoms with Crippen LogP contribution in [0.4, 0.5) is 0 Å². The van der Waals surface area contributed by atoms with Crippen LogP contribution in [0.1, 0.15) is 20.3 Å². The zero-order valence-electron chi connectivity index (χ0n) is 10.4. The Morgan fingerprint density at radius 3 is 2.56 bits per heavy atom. The molecule has 0 saturated heterocycles. The quantitative estimate of drug-likeness (QED) is 0.743. The fraction of sp³-hybridized carbons (Fsp3) is 0.429. The van der Waals surface area contributed by atoms with Crippen LogP contribution in [-0.2, 0) is 0 Å². The van der Waals surface area contributed by atoms with Gasteiger partial charge in [0.2, 0.25) is 0 Å². The molecule has 0 aliphatic rings. The third-order valence-corrected chi connectivity index (χ3v) is 2.35. The average molecular weight is 219 g/mol. The Hall–Kier alpha value is -1.28. The number of rotatable bonds is 6. The molecule has 0 heterocycles. The molecule has 0 bridgehead atoms. The lowest BCUT2D eigenvalue weighted by atomic mass is 10.1. The SMILES string of the molecule is CNC(C=C(C)C)CCOc1ccccc1. The standard InChI is InChI=1S/C14H21NO/c1-12(2)11-13(15-3)9-10-16-14-7-5-4-6-8-14/h4-8,11,13,15H,9-10H2,1-3H3. The summed E-state index contributed by atoms with van der Waals surface area (Å²) in [5, 5.41) is 3.26. The summed E-state index contributed by atoms with van der Waals surface area (Å²) in [5.74, 6) is 0.939. The Morgan fingerprint density at radius 1 is 1.31 bits per heavy atom. The molecule has 0 aliphatic heterocycles. The van der Waals surface area contributed by atoms with Crippen molar-refractivity contribution in [2.45, 2.75) is 26.3 Å². The second kappa shape index (κ2) is 7.07. The summed E-state index contributed by atoms with van der Waals surface area (Å²) >= 11 is 0. The number of para-hydroxylation sites is 1. The Labute approximate surface area is 98.3 Å². The molecule has 0 amide bonds. The topological polar surface area (TPSA) is 21.3 Å². The highest BCUT2D eigenvalue weighted by Gasteiger charge is 2.02. The molecule has 0 radical (unpaired) electrons. The van der Waals surface area contributed by atoms with Crippen molar-refractivity contribution < 1.29 is 4.74 Å². The molecule has 1 unspecified atom stereocenters. The van der Waals surface area contributed by atoms with E-state index < -0.39 is 0 Å². The molecule has 0 fully saturated rings. The number of nitrogens with one attached hydrogen (secondary N) is 1. The average Bonchev–Trinajstić information content (AvgIpc) is 2.28. The predicted octanol–water partition coefficient (Wildman–Crippen LogP) is 3.01. The minimum absolute atomic E-state index is 0.397. The van der Waals surface area contributed by atoms with Crippen LogP contribution in [0.2, 0.25) is 0 Å². The molecular weight excluding hydrogens is 198 g/mol. The van der Waals surface area contributed by atoms with Gasteiger partial charge in [-0.3, -0.25) is 0 Å². The molecule has 0 aromatic heterocycles. The van der Waals surface area contributed by atoms with Gasteiger partial charge in [0.1, 0.15) is 5.75 Å². The molecule has 0 aliphatic carbocycles. The summed E-state index contributed by atoms with van der Waals surface area (Å²) in [4.78, 5) is 0. The Morgan fingerprint density at radius 2 is 2.00 bits per heavy atom. The normalized spacial score (nSPS) is 11.9. The minimum Gasteiger partial charge on any atom is -0.494 e. The van der Waals surface area contributed by atoms with Crippen molar-refractivity contribution in [2.75, 3.05) is 13.7 Å². The molecule has 1 aromatic carbocycles. The third-order valence-electron chi connectivity index (χ3n) is 2.35. The molecule has 2 heteroatoms. The fourth-order valence-electron chi connectivity index (χ4n) is 1.53. The molecule has 0 saturated carbocycles. The van der Waals surface area contributed by atoms with Gasteiger partial charge >= 0.3 is 0 Å². The van der Waals surface area contributed by atoms with Gasteiger partial charge in [-0.15, -0.1) is 0 Å². The molecule has 16 heavy (non-hydrogen) atoms. The van der Waals surface area contributed by atoms with Gasteiger partial charge in [0.25, 0.3) is 0 Å². The summed E-state index contributed by atoms with van der Waals surface area (Å²) in [6, 6.07) is 10.3. The van der Waals surface area contributed by atoms with Crippen LogP contribution >= 0.6 is 0 Å². The lowest BCUT2D eigenvalue weighted by molar-refractivity contribution is 0.299. The minimum atomic E-state index is 0.397. The monoisotopic (exact) mass is 219 g/mol. The van der Waals surface area contributed by atoms with Crippen molar-refractivity contribution >= 4 is 0 Å². The van der Waals surface area contributed by atoms with Gasteiger partial charge in [-0.2, -0.15) is 0 Å². The number of benzene rings is 1. The number of likely N-dealkylation sites (N-methyl/N-ethyl adjacent to an activating group) is 1. The lowest BCUT2D eigenvalue weighted by Crippen LogP contribution is -2.25. The second-order valence-corrected chi connectivity index (χ2v) is 4.09. The van der Waals surface area contributed by atoms with Crippen molar-refractivity contribution in [1.82, 2.24) is 5.32 Å². The van der Waals surface area contributed by atoms with E-state index in [-0.39, 0.29) is 0 Å². The third kappa shape index (κ3) is 4.99. The van der Waals surface area contributed by atoms with E-state index in [1.54, 1.807) is 0 Å². The molecular formula is C14H21NO. The van der Waals surface area contributed by atoms with Crippen LogP contribution in [0.15, 0.2) is 42.0 Å². The van der Waals surface area contributed by atoms with Gasteiger partial charge in [-0.1, -0.05) is 29.8 Å². The van der Waals surface area contributed by atoms with E-state index in [0.29, 0.717) is 6.04 Å². The summed E-state index contributed by atoms with van der Waals surface area (Å²) in [7, 11) is 1.98. The number of ether oxygens (including phenoxy) is 1. The van der Waals surface area contributed by atoms with Gasteiger partial charge in [0.15, 0.2) is 0 Å². The van der Waals surface area contributed by atoms with Gasteiger partial charge in [-0.25, -0.2) is 0 Å². The van der Waals surface area contributed by atoms with E-state index in [4.69, 9.17) is 4.74 Å². The first kappa shape index (κ1) is 12.8. The van der Waals surface area contributed by atoms with E-state index >= 15 is 0 Å². The molecule has 0 spiro atoms. The van der Waals surface area contributed by atoms with Crippen molar-refractivity contribution in [1.29, 1.82) is 0 Å². The summed E-state index contributed by atoms with van der Waals surface area (Å²) in [6.07, 6.45) is 3.21. The van der Waals surface area contributed by atoms with E-state index in [9.17, 15) is 0 Å². The zero-order valence-corrected chi connectivity index (χ0v) is 10.4. The van der Waals surface area contributed by atoms with E-state index in [1.807, 2.05) is 37.4 Å². The first-order valence-corrected chi connectivity index (χ1v) is 5.72. The van der Waals surface area contributed by atoms with Crippen LogP contribution in [0.3, 0.4) is 0 Å². The number of hydrogen-bond acceptors (Lipinski definition) is 2. The fourth-order valence-corrected chi connectivity index (χ4v) is 1.53. The van der Waals surface area contributed by atoms with Gasteiger partial charge in [0, 0.05) is 12.5 Å². The van der Waals surface area contributed by atoms with Gasteiger partial charge < -0.3 is 10.1 Å². The van der Waals surface area contributed by atoms with Crippen molar-refractivity contribution in [3.05, 3.63) is 42.0 Å². The maximum Gasteiger partial charge on any atom is 0.119 e. The molecule has 1 N–H and O–H groups in total. The van der Waals surface area contributed by atoms with Gasteiger partial charge in [0.05, 0.1) is 6.61 Å². The Bertz CT molecular complexity index is 315. The van der Waals surface area contributed by atoms with Crippen LogP contribution in [-0.4, -0.2) is 19.7 Å². The zero-order chi connectivity index (χ0) is 11.8. The maximum atomic E-state index is 5.65. The Kier molecular flexibility index (Phi) is 5.65. The number of allylic oxidation sites excluding steroid dienone is 1. The highest BCUT2D eigenvalue weighted by molar-refractivity contribution is 5.20. The second-order valence-electron chi connectivity index (χ2n) is 4.09. The first-order valence-electron chi connectivity index (χ1n) is 5.72. The first-order chi connectivity index (χ1) is 7.72. The van der Waals surface area contributed by atoms with Gasteiger partial charge in [-0.05, 0) is 33.0 Å². The van der Waals surface area contributed by atoms with Crippen molar-refractivity contribution in [3.8, 4) is 5.75 Å². The summed E-state index contributed by atoms with van der Waals surface area (Å²) < 4.78 is 5.65. The highest BCUT2D eigenvalue weighted by Crippen LogP contribution is 2.09. The van der Waals surface area contributed by atoms with Crippen molar-refractivity contribution in [3.63, 3.8) is 0 Å². The number of hydrogen-bond donors (Lipinski definition) is 1. The molecule has 1 rings (SSSR count). The highest BCUT2D eigenvalue weighted by atomic mass is 16.5. The van der Waals surface area contributed by atoms with Crippen LogP contribution < -0.4 is 10.1 Å². The molecule has 1 atom stereocenters. The maximum absolute atomic E-state index is 5.65. The molecule has 88 valence electrons. The predicted molar refractivity (Wildman–Crippen MR) is 68.8 cm³/mol. The van der Waals surface area contributed by atoms with Crippen LogP contribution in [0, 0.1) is 0 Å². The van der Waals surface area contributed by atoms with Crippen LogP contribution in [0.5, 0.6) is 5.75 Å². The lowest BCUT2D eigenvalue weighted by Gasteiger charge is -2.13. The smallest absolute Gasteiger partial charge is 0.119 e. The van der Waals surface area contributed by atoms with E-state index in [1.165, 1.54) is 5.57 Å². The van der Waals surface area contributed by atoms with Crippen molar-refractivity contribution in [2.24, 2.45) is 0 Å². The largest absolute Gasteiger partial charge is 0.494 e. The molecule has 1 aromatic rings. The van der Waals surface area contributed by atoms with E-state index in [0.717, 1.165) is 18.8 Å². The van der Waals surface area contributed by atoms with E-state index in [2.05, 4.69) is 25.2 Å². The summed E-state index contributed by atoms with van der Waals surface area (Å²) in [6.45, 7) is 4.96. The van der Waals surface area contributed by atoms with Crippen LogP contribution in [0.25, 0.3) is 0 Å². The Balaban J connectivity index is 2.32. The molecule has 2 nitrogen and oxygen atoms in total. The summed E-state index contributed by atoms with van der Waals surface area (Å²) in [5.41, 5.74) is 1.33.